The molecule has 0 saturated heterocycles. The Kier molecular flexibility index (Phi) is 7.34. The molecule has 0 aliphatic heterocycles. The summed E-state index contributed by atoms with van der Waals surface area (Å²) < 4.78 is 50.0. The molecule has 11 heteroatoms. The molecule has 0 radical (unpaired) electrons. The summed E-state index contributed by atoms with van der Waals surface area (Å²) >= 11 is 0. The summed E-state index contributed by atoms with van der Waals surface area (Å²) in [5.74, 6) is 1.63. The van der Waals surface area contributed by atoms with Gasteiger partial charge in [0.25, 0.3) is 5.88 Å². The first-order valence-electron chi connectivity index (χ1n) is 11.7. The lowest BCUT2D eigenvalue weighted by atomic mass is 10.1. The molecule has 3 aromatic heterocycles. The van der Waals surface area contributed by atoms with Crippen molar-refractivity contribution in [2.45, 2.75) is 58.7 Å². The van der Waals surface area contributed by atoms with Gasteiger partial charge in [-0.15, -0.1) is 0 Å². The molecule has 2 atom stereocenters. The summed E-state index contributed by atoms with van der Waals surface area (Å²) in [6.45, 7) is 4.83. The van der Waals surface area contributed by atoms with Crippen molar-refractivity contribution in [2.24, 2.45) is 5.92 Å². The second-order valence-corrected chi connectivity index (χ2v) is 8.94. The molecule has 0 amide bonds. The maximum atomic E-state index is 12.8. The fraction of sp³-hybridized carbons (Fsp3) is 0.542. The van der Waals surface area contributed by atoms with Crippen molar-refractivity contribution in [2.75, 3.05) is 30.4 Å². The number of furan rings is 1. The van der Waals surface area contributed by atoms with Crippen LogP contribution in [0.4, 0.5) is 24.9 Å². The monoisotopic (exact) mass is 493 g/mol. The topological polar surface area (TPSA) is 105 Å². The van der Waals surface area contributed by atoms with Gasteiger partial charge in [0.1, 0.15) is 18.1 Å². The molecule has 0 spiro atoms. The molecule has 1 fully saturated rings. The fourth-order valence-electron chi connectivity index (χ4n) is 4.45. The third-order valence-electron chi connectivity index (χ3n) is 6.08. The average molecular weight is 494 g/mol. The lowest BCUT2D eigenvalue weighted by molar-refractivity contribution is -0.115. The molecule has 1 aliphatic carbocycles. The molecule has 190 valence electrons. The van der Waals surface area contributed by atoms with Crippen LogP contribution in [0.1, 0.15) is 48.9 Å². The number of pyridine rings is 1. The van der Waals surface area contributed by atoms with E-state index in [4.69, 9.17) is 9.15 Å². The minimum absolute atomic E-state index is 0.0581. The van der Waals surface area contributed by atoms with Crippen LogP contribution in [0, 0.1) is 19.8 Å². The molecule has 2 unspecified atom stereocenters. The summed E-state index contributed by atoms with van der Waals surface area (Å²) in [5.41, 5.74) is 2.63. The zero-order chi connectivity index (χ0) is 25.2. The smallest absolute Gasteiger partial charge is 0.405 e. The highest BCUT2D eigenvalue weighted by Gasteiger charge is 2.29. The van der Waals surface area contributed by atoms with Crippen molar-refractivity contribution in [3.05, 3.63) is 34.8 Å². The zero-order valence-electron chi connectivity index (χ0n) is 20.0. The van der Waals surface area contributed by atoms with E-state index in [0.717, 1.165) is 35.9 Å². The third kappa shape index (κ3) is 6.14. The Morgan fingerprint density at radius 3 is 2.66 bits per heavy atom. The predicted octanol–water partition coefficient (Wildman–Crippen LogP) is 4.77. The maximum Gasteiger partial charge on any atom is 0.405 e. The first-order chi connectivity index (χ1) is 16.6. The Labute approximate surface area is 201 Å². The number of nitrogens with one attached hydrogen (secondary N) is 2. The van der Waals surface area contributed by atoms with Gasteiger partial charge < -0.3 is 24.9 Å². The van der Waals surface area contributed by atoms with Crippen LogP contribution >= 0.6 is 0 Å². The van der Waals surface area contributed by atoms with Crippen molar-refractivity contribution in [3.63, 3.8) is 0 Å². The van der Waals surface area contributed by atoms with Crippen molar-refractivity contribution >= 4 is 22.7 Å². The van der Waals surface area contributed by atoms with Gasteiger partial charge in [0.15, 0.2) is 5.58 Å². The van der Waals surface area contributed by atoms with Crippen LogP contribution in [0.3, 0.4) is 0 Å². The van der Waals surface area contributed by atoms with E-state index < -0.39 is 12.7 Å². The highest BCUT2D eigenvalue weighted by molar-refractivity contribution is 5.82. The van der Waals surface area contributed by atoms with Gasteiger partial charge >= 0.3 is 6.18 Å². The van der Waals surface area contributed by atoms with E-state index in [-0.39, 0.29) is 24.5 Å². The van der Waals surface area contributed by atoms with E-state index in [9.17, 15) is 18.3 Å². The summed E-state index contributed by atoms with van der Waals surface area (Å²) in [6, 6.07) is 3.87. The number of anilines is 2. The van der Waals surface area contributed by atoms with Gasteiger partial charge in [-0.05, 0) is 58.1 Å². The number of aliphatic hydroxyl groups is 1. The molecular formula is C24H30F3N5O3. The quantitative estimate of drug-likeness (QED) is 0.392. The molecule has 3 N–H and O–H groups in total. The highest BCUT2D eigenvalue weighted by atomic mass is 19.4. The Morgan fingerprint density at radius 2 is 1.97 bits per heavy atom. The molecule has 4 rings (SSSR count). The lowest BCUT2D eigenvalue weighted by Crippen LogP contribution is -2.24. The fourth-order valence-corrected chi connectivity index (χ4v) is 4.45. The molecule has 3 heterocycles. The summed E-state index contributed by atoms with van der Waals surface area (Å²) in [7, 11) is 0. The average Bonchev–Trinajstić information content (AvgIpc) is 3.40. The van der Waals surface area contributed by atoms with E-state index >= 15 is 0 Å². The normalized spacial score (nSPS) is 18.3. The van der Waals surface area contributed by atoms with Crippen LogP contribution in [0.2, 0.25) is 0 Å². The number of halogens is 3. The van der Waals surface area contributed by atoms with Gasteiger partial charge in [-0.25, -0.2) is 9.97 Å². The standard InChI is InChI=1S/C24H30F3N5O3/c1-4-34-22-20-16(7-13(2)29-22)9-18(35-20)10-19-14(3)30-23(28-12-24(25,26)27)32-21(19)31-17-6-5-15(8-17)11-33/h7,9,15,17,33H,4-6,8,10-12H2,1-3H3,(H2,28,30,31,32). The van der Waals surface area contributed by atoms with Crippen LogP contribution in [0.25, 0.3) is 11.0 Å². The van der Waals surface area contributed by atoms with Gasteiger partial charge in [0.2, 0.25) is 5.95 Å². The number of nitrogens with zero attached hydrogens (tertiary/aromatic N) is 3. The largest absolute Gasteiger partial charge is 0.475 e. The minimum Gasteiger partial charge on any atom is -0.475 e. The van der Waals surface area contributed by atoms with E-state index in [1.54, 1.807) is 6.92 Å². The number of hydrogen-bond acceptors (Lipinski definition) is 8. The second-order valence-electron chi connectivity index (χ2n) is 8.94. The Balaban J connectivity index is 1.66. The van der Waals surface area contributed by atoms with Crippen molar-refractivity contribution in [1.29, 1.82) is 0 Å². The molecule has 3 aromatic rings. The van der Waals surface area contributed by atoms with E-state index in [1.807, 2.05) is 26.0 Å². The molecule has 0 aromatic carbocycles. The number of hydrogen-bond donors (Lipinski definition) is 3. The van der Waals surface area contributed by atoms with Crippen LogP contribution in [0.5, 0.6) is 5.88 Å². The number of aromatic nitrogens is 3. The van der Waals surface area contributed by atoms with Gasteiger partial charge in [0.05, 0.1) is 6.61 Å². The van der Waals surface area contributed by atoms with E-state index in [0.29, 0.717) is 41.8 Å². The summed E-state index contributed by atoms with van der Waals surface area (Å²) in [6.07, 6.45) is -1.57. The predicted molar refractivity (Wildman–Crippen MR) is 126 cm³/mol. The van der Waals surface area contributed by atoms with Gasteiger partial charge in [0, 0.05) is 41.4 Å². The lowest BCUT2D eigenvalue weighted by Gasteiger charge is -2.19. The number of rotatable bonds is 9. The highest BCUT2D eigenvalue weighted by Crippen LogP contribution is 2.33. The van der Waals surface area contributed by atoms with Crippen LogP contribution in [-0.2, 0) is 6.42 Å². The van der Waals surface area contributed by atoms with Crippen LogP contribution in [-0.4, -0.2) is 52.0 Å². The van der Waals surface area contributed by atoms with E-state index in [1.165, 1.54) is 0 Å². The number of aliphatic hydroxyl groups excluding tert-OH is 1. The SMILES string of the molecule is CCOc1nc(C)cc2cc(Cc3c(C)nc(NCC(F)(F)F)nc3NC3CCC(CO)C3)oc12. The Bertz CT molecular complexity index is 1180. The van der Waals surface area contributed by atoms with Gasteiger partial charge in [-0.3, -0.25) is 0 Å². The first kappa shape index (κ1) is 25.0. The van der Waals surface area contributed by atoms with Gasteiger partial charge in [-0.1, -0.05) is 0 Å². The zero-order valence-corrected chi connectivity index (χ0v) is 20.0. The Morgan fingerprint density at radius 1 is 1.17 bits per heavy atom. The molecule has 0 bridgehead atoms. The molecule has 1 saturated carbocycles. The van der Waals surface area contributed by atoms with Gasteiger partial charge in [-0.2, -0.15) is 18.2 Å². The first-order valence-corrected chi connectivity index (χ1v) is 11.7. The molecule has 35 heavy (non-hydrogen) atoms. The summed E-state index contributed by atoms with van der Waals surface area (Å²) in [4.78, 5) is 13.1. The molecule has 8 nitrogen and oxygen atoms in total. The molecular weight excluding hydrogens is 463 g/mol. The van der Waals surface area contributed by atoms with Crippen molar-refractivity contribution < 1.29 is 27.4 Å². The van der Waals surface area contributed by atoms with E-state index in [2.05, 4.69) is 25.6 Å². The maximum absolute atomic E-state index is 12.8. The second kappa shape index (κ2) is 10.3. The third-order valence-corrected chi connectivity index (χ3v) is 6.08. The molecule has 1 aliphatic rings. The summed E-state index contributed by atoms with van der Waals surface area (Å²) in [5, 5.41) is 16.0. The Hall–Kier alpha value is -3.08. The van der Waals surface area contributed by atoms with Crippen LogP contribution in [0.15, 0.2) is 16.5 Å². The van der Waals surface area contributed by atoms with Crippen LogP contribution < -0.4 is 15.4 Å². The minimum atomic E-state index is -4.39. The van der Waals surface area contributed by atoms with Crippen molar-refractivity contribution in [3.8, 4) is 5.88 Å². The number of ether oxygens (including phenoxy) is 1. The van der Waals surface area contributed by atoms with Crippen molar-refractivity contribution in [1.82, 2.24) is 15.0 Å². The number of fused-ring (bicyclic) bond motifs is 1. The number of alkyl halides is 3. The number of aryl methyl sites for hydroxylation is 2.